The fraction of sp³-hybridized carbons (Fsp3) is 0.538. The molecule has 0 saturated heterocycles. The van der Waals surface area contributed by atoms with Crippen molar-refractivity contribution in [1.29, 1.82) is 0 Å². The summed E-state index contributed by atoms with van der Waals surface area (Å²) >= 11 is 0. The summed E-state index contributed by atoms with van der Waals surface area (Å²) in [5.74, 6) is 1.36. The van der Waals surface area contributed by atoms with Crippen LogP contribution in [0.1, 0.15) is 38.0 Å². The summed E-state index contributed by atoms with van der Waals surface area (Å²) < 4.78 is 10.4. The summed E-state index contributed by atoms with van der Waals surface area (Å²) in [5, 5.41) is 3.97. The van der Waals surface area contributed by atoms with Crippen molar-refractivity contribution in [2.45, 2.75) is 37.6 Å². The van der Waals surface area contributed by atoms with Gasteiger partial charge in [-0.2, -0.15) is 4.98 Å². The number of rotatable bonds is 3. The first-order valence-corrected chi connectivity index (χ1v) is 6.71. The number of nitrogens with two attached hydrogens (primary N) is 1. The zero-order valence-corrected chi connectivity index (χ0v) is 11.4. The third-order valence-corrected chi connectivity index (χ3v) is 3.68. The van der Waals surface area contributed by atoms with Crippen molar-refractivity contribution in [2.24, 2.45) is 5.73 Å². The Morgan fingerprint density at radius 2 is 2.05 bits per heavy atom. The van der Waals surface area contributed by atoms with E-state index in [0.717, 1.165) is 25.7 Å². The first-order chi connectivity index (χ1) is 9.71. The molecule has 2 N–H and O–H groups in total. The molecule has 2 aromatic rings. The first-order valence-electron chi connectivity index (χ1n) is 6.71. The molecule has 0 radical (unpaired) electrons. The van der Waals surface area contributed by atoms with E-state index in [2.05, 4.69) is 20.1 Å². The van der Waals surface area contributed by atoms with E-state index in [1.165, 1.54) is 12.7 Å². The molecule has 0 aliphatic heterocycles. The largest absolute Gasteiger partial charge is 0.481 e. The van der Waals surface area contributed by atoms with Crippen LogP contribution in [0.2, 0.25) is 0 Å². The van der Waals surface area contributed by atoms with E-state index in [1.54, 1.807) is 13.2 Å². The monoisotopic (exact) mass is 275 g/mol. The van der Waals surface area contributed by atoms with Gasteiger partial charge in [0.2, 0.25) is 17.6 Å². The van der Waals surface area contributed by atoms with Crippen LogP contribution in [-0.2, 0) is 5.54 Å². The second-order valence-electron chi connectivity index (χ2n) is 5.09. The minimum absolute atomic E-state index is 0.413. The summed E-state index contributed by atoms with van der Waals surface area (Å²) in [6, 6.07) is 1.67. The van der Waals surface area contributed by atoms with E-state index in [9.17, 15) is 0 Å². The van der Waals surface area contributed by atoms with Gasteiger partial charge in [0.1, 0.15) is 12.0 Å². The number of methoxy groups -OCH3 is 1. The summed E-state index contributed by atoms with van der Waals surface area (Å²) in [7, 11) is 1.55. The number of ether oxygens (including phenoxy) is 1. The van der Waals surface area contributed by atoms with Gasteiger partial charge < -0.3 is 15.0 Å². The maximum atomic E-state index is 6.37. The first kappa shape index (κ1) is 13.0. The molecule has 1 fully saturated rings. The van der Waals surface area contributed by atoms with Gasteiger partial charge >= 0.3 is 0 Å². The molecule has 2 heterocycles. The molecule has 0 aromatic carbocycles. The molecular formula is C13H17N5O2. The Hall–Kier alpha value is -2.02. The Balaban J connectivity index is 1.89. The fourth-order valence-electron chi connectivity index (χ4n) is 2.50. The second-order valence-corrected chi connectivity index (χ2v) is 5.09. The molecule has 106 valence electrons. The van der Waals surface area contributed by atoms with Crippen LogP contribution in [0.3, 0.4) is 0 Å². The van der Waals surface area contributed by atoms with Crippen molar-refractivity contribution < 1.29 is 9.26 Å². The lowest BCUT2D eigenvalue weighted by molar-refractivity contribution is 0.220. The third-order valence-electron chi connectivity index (χ3n) is 3.68. The van der Waals surface area contributed by atoms with Gasteiger partial charge in [-0.1, -0.05) is 24.4 Å². The summed E-state index contributed by atoms with van der Waals surface area (Å²) in [6.07, 6.45) is 6.56. The molecule has 2 aromatic heterocycles. The van der Waals surface area contributed by atoms with Crippen molar-refractivity contribution in [3.05, 3.63) is 18.3 Å². The SMILES string of the molecule is COc1cc(-c2noc(C3(N)CCCCC3)n2)ncn1. The lowest BCUT2D eigenvalue weighted by Gasteiger charge is -2.29. The molecular weight excluding hydrogens is 258 g/mol. The summed E-state index contributed by atoms with van der Waals surface area (Å²) in [4.78, 5) is 12.5. The van der Waals surface area contributed by atoms with Crippen LogP contribution in [0.15, 0.2) is 16.9 Å². The summed E-state index contributed by atoms with van der Waals surface area (Å²) in [5.41, 5.74) is 6.44. The minimum Gasteiger partial charge on any atom is -0.481 e. The highest BCUT2D eigenvalue weighted by molar-refractivity contribution is 5.49. The predicted octanol–water partition coefficient (Wildman–Crippen LogP) is 1.65. The topological polar surface area (TPSA) is 100.0 Å². The second kappa shape index (κ2) is 5.16. The maximum Gasteiger partial charge on any atom is 0.247 e. The van der Waals surface area contributed by atoms with Gasteiger partial charge in [-0.3, -0.25) is 0 Å². The number of nitrogens with zero attached hydrogens (tertiary/aromatic N) is 4. The van der Waals surface area contributed by atoms with Crippen molar-refractivity contribution in [1.82, 2.24) is 20.1 Å². The van der Waals surface area contributed by atoms with E-state index in [-0.39, 0.29) is 0 Å². The standard InChI is InChI=1S/C13H17N5O2/c1-19-10-7-9(15-8-16-10)11-17-12(20-18-11)13(14)5-3-2-4-6-13/h7-8H,2-6,14H2,1H3. The maximum absolute atomic E-state index is 6.37. The highest BCUT2D eigenvalue weighted by Crippen LogP contribution is 2.34. The van der Waals surface area contributed by atoms with Crippen molar-refractivity contribution >= 4 is 0 Å². The zero-order valence-electron chi connectivity index (χ0n) is 11.4. The van der Waals surface area contributed by atoms with Gasteiger partial charge in [0.15, 0.2) is 0 Å². The Bertz CT molecular complexity index is 592. The smallest absolute Gasteiger partial charge is 0.247 e. The lowest BCUT2D eigenvalue weighted by atomic mass is 9.82. The molecule has 3 rings (SSSR count). The quantitative estimate of drug-likeness (QED) is 0.908. The van der Waals surface area contributed by atoms with Gasteiger partial charge in [-0.25, -0.2) is 9.97 Å². The van der Waals surface area contributed by atoms with E-state index in [0.29, 0.717) is 23.3 Å². The Morgan fingerprint density at radius 3 is 2.80 bits per heavy atom. The molecule has 1 aliphatic carbocycles. The van der Waals surface area contributed by atoms with Crippen molar-refractivity contribution in [3.8, 4) is 17.4 Å². The Morgan fingerprint density at radius 1 is 1.25 bits per heavy atom. The van der Waals surface area contributed by atoms with Gasteiger partial charge in [0.05, 0.1) is 12.6 Å². The normalized spacial score (nSPS) is 17.9. The van der Waals surface area contributed by atoms with E-state index < -0.39 is 5.54 Å². The van der Waals surface area contributed by atoms with E-state index in [4.69, 9.17) is 15.0 Å². The van der Waals surface area contributed by atoms with E-state index in [1.807, 2.05) is 0 Å². The number of hydrogen-bond acceptors (Lipinski definition) is 7. The molecule has 20 heavy (non-hydrogen) atoms. The number of hydrogen-bond donors (Lipinski definition) is 1. The highest BCUT2D eigenvalue weighted by atomic mass is 16.5. The fourth-order valence-corrected chi connectivity index (χ4v) is 2.50. The molecule has 7 heteroatoms. The average Bonchev–Trinajstić information content (AvgIpc) is 2.99. The van der Waals surface area contributed by atoms with Crippen LogP contribution in [0, 0.1) is 0 Å². The molecule has 1 aliphatic rings. The average molecular weight is 275 g/mol. The van der Waals surface area contributed by atoms with Gasteiger partial charge in [0.25, 0.3) is 0 Å². The van der Waals surface area contributed by atoms with Gasteiger partial charge in [-0.05, 0) is 12.8 Å². The molecule has 0 unspecified atom stereocenters. The van der Waals surface area contributed by atoms with Crippen LogP contribution in [0.5, 0.6) is 5.88 Å². The zero-order chi connectivity index (χ0) is 14.0. The third kappa shape index (κ3) is 2.36. The lowest BCUT2D eigenvalue weighted by Crippen LogP contribution is -2.38. The molecule has 7 nitrogen and oxygen atoms in total. The molecule has 0 bridgehead atoms. The molecule has 0 atom stereocenters. The van der Waals surface area contributed by atoms with Crippen molar-refractivity contribution in [3.63, 3.8) is 0 Å². The predicted molar refractivity (Wildman–Crippen MR) is 70.8 cm³/mol. The molecule has 0 amide bonds. The molecule has 0 spiro atoms. The van der Waals surface area contributed by atoms with Gasteiger partial charge in [-0.15, -0.1) is 0 Å². The summed E-state index contributed by atoms with van der Waals surface area (Å²) in [6.45, 7) is 0. The van der Waals surface area contributed by atoms with Crippen LogP contribution in [0.25, 0.3) is 11.5 Å². The Kier molecular flexibility index (Phi) is 3.35. The highest BCUT2D eigenvalue weighted by Gasteiger charge is 2.35. The Labute approximate surface area is 116 Å². The van der Waals surface area contributed by atoms with E-state index >= 15 is 0 Å². The van der Waals surface area contributed by atoms with Crippen LogP contribution >= 0.6 is 0 Å². The minimum atomic E-state index is -0.499. The van der Waals surface area contributed by atoms with Crippen LogP contribution < -0.4 is 10.5 Å². The van der Waals surface area contributed by atoms with Crippen molar-refractivity contribution in [2.75, 3.05) is 7.11 Å². The molecule has 1 saturated carbocycles. The van der Waals surface area contributed by atoms with Crippen LogP contribution in [0.4, 0.5) is 0 Å². The van der Waals surface area contributed by atoms with Crippen LogP contribution in [-0.4, -0.2) is 27.2 Å². The number of aromatic nitrogens is 4. The van der Waals surface area contributed by atoms with Gasteiger partial charge in [0, 0.05) is 6.07 Å².